The number of aromatic nitrogens is 2. The zero-order valence-electron chi connectivity index (χ0n) is 13.6. The molecule has 0 amide bonds. The largest absolute Gasteiger partial charge is 0.337 e. The lowest BCUT2D eigenvalue weighted by Gasteiger charge is -2.13. The molecule has 0 unspecified atom stereocenters. The molecule has 1 aliphatic rings. The molecular weight excluding hydrogens is 315 g/mol. The Labute approximate surface area is 145 Å². The predicted molar refractivity (Wildman–Crippen MR) is 97.4 cm³/mol. The quantitative estimate of drug-likeness (QED) is 0.720. The van der Waals surface area contributed by atoms with Crippen LogP contribution in [0.2, 0.25) is 0 Å². The van der Waals surface area contributed by atoms with Crippen LogP contribution >= 0.6 is 0 Å². The normalized spacial score (nSPS) is 16.7. The van der Waals surface area contributed by atoms with Crippen molar-refractivity contribution in [2.75, 3.05) is 18.4 Å². The van der Waals surface area contributed by atoms with Gasteiger partial charge in [0.15, 0.2) is 0 Å². The van der Waals surface area contributed by atoms with E-state index in [1.807, 2.05) is 6.07 Å². The van der Waals surface area contributed by atoms with Gasteiger partial charge in [0.05, 0.1) is 11.2 Å². The summed E-state index contributed by atoms with van der Waals surface area (Å²) in [5, 5.41) is 7.32. The van der Waals surface area contributed by atoms with Crippen LogP contribution in [0.4, 0.5) is 15.9 Å². The average molecular weight is 332 g/mol. The molecule has 0 spiro atoms. The van der Waals surface area contributed by atoms with Crippen LogP contribution in [0.1, 0.15) is 23.5 Å². The van der Waals surface area contributed by atoms with Crippen LogP contribution in [-0.4, -0.2) is 23.1 Å². The summed E-state index contributed by atoms with van der Waals surface area (Å²) in [6.07, 6.45) is 8.00. The molecule has 0 saturated carbocycles. The Morgan fingerprint density at radius 3 is 2.92 bits per heavy atom. The first-order valence-electron chi connectivity index (χ1n) is 8.23. The highest BCUT2D eigenvalue weighted by molar-refractivity contribution is 5.91. The number of fused-ring (bicyclic) bond motifs is 1. The first-order chi connectivity index (χ1) is 12.2. The van der Waals surface area contributed by atoms with Gasteiger partial charge in [-0.25, -0.2) is 14.4 Å². The molecule has 25 heavy (non-hydrogen) atoms. The summed E-state index contributed by atoms with van der Waals surface area (Å²) < 4.78 is 14.1. The molecule has 1 atom stereocenters. The van der Waals surface area contributed by atoms with Gasteiger partial charge in [0.2, 0.25) is 0 Å². The Kier molecular flexibility index (Phi) is 4.04. The highest BCUT2D eigenvalue weighted by Crippen LogP contribution is 2.30. The highest BCUT2D eigenvalue weighted by atomic mass is 19.1. The number of hydrogen-bond acceptors (Lipinski definition) is 4. The monoisotopic (exact) mass is 332 g/mol. The Bertz CT molecular complexity index is 971. The molecule has 124 valence electrons. The molecule has 2 N–H and O–H groups in total. The maximum absolute atomic E-state index is 14.1. The molecule has 2 heterocycles. The number of anilines is 2. The number of halogens is 1. The lowest BCUT2D eigenvalue weighted by molar-refractivity contribution is 0.631. The van der Waals surface area contributed by atoms with E-state index < -0.39 is 0 Å². The number of benzene rings is 2. The van der Waals surface area contributed by atoms with Crippen molar-refractivity contribution in [2.45, 2.75) is 12.3 Å². The zero-order chi connectivity index (χ0) is 17.2. The molecule has 0 radical (unpaired) electrons. The summed E-state index contributed by atoms with van der Waals surface area (Å²) >= 11 is 0. The molecule has 5 heteroatoms. The summed E-state index contributed by atoms with van der Waals surface area (Å²) in [6.45, 7) is 2.00. The van der Waals surface area contributed by atoms with E-state index in [0.29, 0.717) is 23.0 Å². The second kappa shape index (κ2) is 6.50. The van der Waals surface area contributed by atoms with E-state index in [9.17, 15) is 4.39 Å². The van der Waals surface area contributed by atoms with Gasteiger partial charge < -0.3 is 10.6 Å². The molecule has 0 aliphatic carbocycles. The molecule has 1 saturated heterocycles. The first kappa shape index (κ1) is 15.6. The van der Waals surface area contributed by atoms with Gasteiger partial charge in [0, 0.05) is 17.5 Å². The van der Waals surface area contributed by atoms with Gasteiger partial charge in [-0.05, 0) is 54.8 Å². The van der Waals surface area contributed by atoms with Crippen LogP contribution in [0, 0.1) is 18.2 Å². The van der Waals surface area contributed by atoms with Crippen molar-refractivity contribution >= 4 is 22.4 Å². The van der Waals surface area contributed by atoms with Crippen LogP contribution in [0.25, 0.3) is 10.9 Å². The second-order valence-corrected chi connectivity index (χ2v) is 6.15. The van der Waals surface area contributed by atoms with E-state index >= 15 is 0 Å². The number of hydrogen-bond donors (Lipinski definition) is 2. The van der Waals surface area contributed by atoms with Crippen LogP contribution in [0.15, 0.2) is 42.7 Å². The Morgan fingerprint density at radius 2 is 2.12 bits per heavy atom. The van der Waals surface area contributed by atoms with Crippen molar-refractivity contribution in [3.05, 3.63) is 59.7 Å². The Morgan fingerprint density at radius 1 is 1.20 bits per heavy atom. The maximum Gasteiger partial charge on any atom is 0.146 e. The summed E-state index contributed by atoms with van der Waals surface area (Å²) in [5.41, 5.74) is 2.98. The molecule has 4 rings (SSSR count). The Hall–Kier alpha value is -2.97. The van der Waals surface area contributed by atoms with Crippen molar-refractivity contribution in [1.82, 2.24) is 15.3 Å². The van der Waals surface area contributed by atoms with Crippen LogP contribution < -0.4 is 10.6 Å². The van der Waals surface area contributed by atoms with E-state index in [0.717, 1.165) is 30.4 Å². The van der Waals surface area contributed by atoms with Crippen molar-refractivity contribution in [3.63, 3.8) is 0 Å². The molecular formula is C20H17FN4. The van der Waals surface area contributed by atoms with Gasteiger partial charge in [0.1, 0.15) is 18.0 Å². The van der Waals surface area contributed by atoms with E-state index in [1.165, 1.54) is 18.0 Å². The molecule has 0 bridgehead atoms. The van der Waals surface area contributed by atoms with E-state index in [1.54, 1.807) is 12.1 Å². The number of terminal acetylenes is 1. The maximum atomic E-state index is 14.1. The number of nitrogens with one attached hydrogen (secondary N) is 2. The minimum atomic E-state index is -0.373. The van der Waals surface area contributed by atoms with Crippen molar-refractivity contribution in [3.8, 4) is 12.3 Å². The predicted octanol–water partition coefficient (Wildman–Crippen LogP) is 3.57. The third-order valence-corrected chi connectivity index (χ3v) is 4.58. The van der Waals surface area contributed by atoms with Crippen LogP contribution in [-0.2, 0) is 0 Å². The fourth-order valence-corrected chi connectivity index (χ4v) is 3.21. The van der Waals surface area contributed by atoms with Gasteiger partial charge in [-0.3, -0.25) is 0 Å². The minimum absolute atomic E-state index is 0.309. The lowest BCUT2D eigenvalue weighted by atomic mass is 9.97. The third-order valence-electron chi connectivity index (χ3n) is 4.58. The Balaban J connectivity index is 1.76. The highest BCUT2D eigenvalue weighted by Gasteiger charge is 2.18. The molecule has 1 aromatic heterocycles. The number of rotatable bonds is 3. The third kappa shape index (κ3) is 3.04. The number of nitrogens with zero attached hydrogens (tertiary/aromatic N) is 2. The van der Waals surface area contributed by atoms with E-state index in [-0.39, 0.29) is 5.82 Å². The van der Waals surface area contributed by atoms with Gasteiger partial charge in [-0.15, -0.1) is 6.42 Å². The lowest BCUT2D eigenvalue weighted by Crippen LogP contribution is -2.08. The second-order valence-electron chi connectivity index (χ2n) is 6.15. The molecule has 3 aromatic rings. The molecule has 2 aromatic carbocycles. The van der Waals surface area contributed by atoms with E-state index in [2.05, 4.69) is 38.7 Å². The van der Waals surface area contributed by atoms with Gasteiger partial charge in [-0.2, -0.15) is 0 Å². The van der Waals surface area contributed by atoms with Crippen LogP contribution in [0.3, 0.4) is 0 Å². The fourth-order valence-electron chi connectivity index (χ4n) is 3.21. The van der Waals surface area contributed by atoms with Crippen molar-refractivity contribution in [1.29, 1.82) is 0 Å². The van der Waals surface area contributed by atoms with E-state index in [4.69, 9.17) is 6.42 Å². The average Bonchev–Trinajstić information content (AvgIpc) is 3.18. The van der Waals surface area contributed by atoms with Crippen molar-refractivity contribution < 1.29 is 4.39 Å². The van der Waals surface area contributed by atoms with Gasteiger partial charge in [-0.1, -0.05) is 12.0 Å². The minimum Gasteiger partial charge on any atom is -0.337 e. The summed E-state index contributed by atoms with van der Waals surface area (Å²) in [6, 6.07) is 10.7. The SMILES string of the molecule is C#Cc1ccc(F)c(Nc2ncnc3ccc([C@H]4CCNC4)cc23)c1. The summed E-state index contributed by atoms with van der Waals surface area (Å²) in [4.78, 5) is 8.62. The van der Waals surface area contributed by atoms with Gasteiger partial charge in [0.25, 0.3) is 0 Å². The molecule has 1 fully saturated rings. The summed E-state index contributed by atoms with van der Waals surface area (Å²) in [5.74, 6) is 3.20. The van der Waals surface area contributed by atoms with Crippen LogP contribution in [0.5, 0.6) is 0 Å². The van der Waals surface area contributed by atoms with Gasteiger partial charge >= 0.3 is 0 Å². The summed E-state index contributed by atoms with van der Waals surface area (Å²) in [7, 11) is 0. The topological polar surface area (TPSA) is 49.8 Å². The van der Waals surface area contributed by atoms with Crippen molar-refractivity contribution in [2.24, 2.45) is 0 Å². The molecule has 1 aliphatic heterocycles. The zero-order valence-corrected chi connectivity index (χ0v) is 13.6. The molecule has 4 nitrogen and oxygen atoms in total. The smallest absolute Gasteiger partial charge is 0.146 e. The first-order valence-corrected chi connectivity index (χ1v) is 8.23. The fraction of sp³-hybridized carbons (Fsp3) is 0.200. The standard InChI is InChI=1S/C20H17FN4/c1-2-13-3-5-17(21)19(9-13)25-20-16-10-14(15-7-8-22-11-15)4-6-18(16)23-12-24-20/h1,3-6,9-10,12,15,22H,7-8,11H2,(H,23,24,25)/t15-/m0/s1.